The average molecular weight is 376 g/mol. The molecule has 3 N–H and O–H groups in total. The van der Waals surface area contributed by atoms with Gasteiger partial charge >= 0.3 is 0 Å². The molecule has 146 valence electrons. The molecular formula is C23H29N5. The summed E-state index contributed by atoms with van der Waals surface area (Å²) in [5, 5.41) is 7.83. The van der Waals surface area contributed by atoms with Gasteiger partial charge in [0, 0.05) is 23.7 Å². The highest BCUT2D eigenvalue weighted by Crippen LogP contribution is 2.21. The molecule has 5 heteroatoms. The molecule has 1 aliphatic rings. The van der Waals surface area contributed by atoms with E-state index in [4.69, 9.17) is 10.7 Å². The van der Waals surface area contributed by atoms with E-state index in [1.165, 1.54) is 5.57 Å². The molecule has 0 radical (unpaired) electrons. The lowest BCUT2D eigenvalue weighted by molar-refractivity contribution is 0.739. The molecule has 0 aliphatic heterocycles. The first kappa shape index (κ1) is 19.7. The first-order valence-electron chi connectivity index (χ1n) is 9.70. The van der Waals surface area contributed by atoms with Crippen LogP contribution in [0.2, 0.25) is 0 Å². The SMILES string of the molecule is C=C(NCC1C=CC(N)=C(CCC)C=C1)c1cc(C(=C)C)n2ncc(C)c2n1. The van der Waals surface area contributed by atoms with E-state index in [9.17, 15) is 0 Å². The smallest absolute Gasteiger partial charge is 0.159 e. The first-order valence-corrected chi connectivity index (χ1v) is 9.70. The van der Waals surface area contributed by atoms with E-state index in [0.717, 1.165) is 59.0 Å². The molecular weight excluding hydrogens is 346 g/mol. The second kappa shape index (κ2) is 8.30. The number of nitrogens with two attached hydrogens (primary N) is 1. The van der Waals surface area contributed by atoms with Crippen molar-refractivity contribution in [3.8, 4) is 0 Å². The largest absolute Gasteiger partial charge is 0.399 e. The van der Waals surface area contributed by atoms with Crippen molar-refractivity contribution in [1.29, 1.82) is 0 Å². The van der Waals surface area contributed by atoms with E-state index in [0.29, 0.717) is 0 Å². The average Bonchev–Trinajstić information content (AvgIpc) is 2.96. The van der Waals surface area contributed by atoms with Crippen LogP contribution in [0.25, 0.3) is 16.9 Å². The molecule has 2 aromatic heterocycles. The van der Waals surface area contributed by atoms with Crippen LogP contribution in [0.3, 0.4) is 0 Å². The molecule has 2 heterocycles. The number of allylic oxidation sites excluding steroid dienone is 4. The number of aromatic nitrogens is 3. The van der Waals surface area contributed by atoms with Gasteiger partial charge in [-0.15, -0.1) is 0 Å². The minimum Gasteiger partial charge on any atom is -0.399 e. The molecule has 2 aromatic rings. The predicted molar refractivity (Wildman–Crippen MR) is 117 cm³/mol. The lowest BCUT2D eigenvalue weighted by atomic mass is 10.1. The number of nitrogens with zero attached hydrogens (tertiary/aromatic N) is 3. The van der Waals surface area contributed by atoms with Gasteiger partial charge in [0.1, 0.15) is 0 Å². The number of hydrogen-bond acceptors (Lipinski definition) is 4. The third-order valence-electron chi connectivity index (χ3n) is 4.90. The van der Waals surface area contributed by atoms with Gasteiger partial charge in [0.25, 0.3) is 0 Å². The predicted octanol–water partition coefficient (Wildman–Crippen LogP) is 4.39. The Morgan fingerprint density at radius 3 is 2.75 bits per heavy atom. The van der Waals surface area contributed by atoms with Gasteiger partial charge in [-0.2, -0.15) is 5.10 Å². The third-order valence-corrected chi connectivity index (χ3v) is 4.90. The summed E-state index contributed by atoms with van der Waals surface area (Å²) < 4.78 is 1.83. The topological polar surface area (TPSA) is 68.2 Å². The second-order valence-electron chi connectivity index (χ2n) is 7.34. The van der Waals surface area contributed by atoms with Gasteiger partial charge in [0.2, 0.25) is 0 Å². The van der Waals surface area contributed by atoms with Crippen LogP contribution in [0.4, 0.5) is 0 Å². The Labute approximate surface area is 167 Å². The minimum atomic E-state index is 0.241. The van der Waals surface area contributed by atoms with Crippen molar-refractivity contribution in [3.05, 3.63) is 77.9 Å². The highest BCUT2D eigenvalue weighted by Gasteiger charge is 2.13. The van der Waals surface area contributed by atoms with Gasteiger partial charge in [-0.3, -0.25) is 0 Å². The molecule has 0 bridgehead atoms. The molecule has 1 unspecified atom stereocenters. The summed E-state index contributed by atoms with van der Waals surface area (Å²) in [4.78, 5) is 4.74. The van der Waals surface area contributed by atoms with Crippen LogP contribution in [-0.2, 0) is 0 Å². The number of nitrogens with one attached hydrogen (secondary N) is 1. The van der Waals surface area contributed by atoms with Crippen molar-refractivity contribution in [2.24, 2.45) is 11.7 Å². The second-order valence-corrected chi connectivity index (χ2v) is 7.34. The van der Waals surface area contributed by atoms with Gasteiger partial charge < -0.3 is 11.1 Å². The molecule has 0 aromatic carbocycles. The standard InChI is InChI=1S/C23H29N5/c1-6-7-19-10-8-18(9-11-20(19)24)14-25-17(5)21-12-22(15(2)3)28-23(27-21)16(4)13-26-28/h8-13,18,25H,2,5-7,14,24H2,1,3-4H3. The van der Waals surface area contributed by atoms with Gasteiger partial charge in [-0.05, 0) is 43.6 Å². The Bertz CT molecular complexity index is 1000. The van der Waals surface area contributed by atoms with Gasteiger partial charge in [0.15, 0.2) is 5.65 Å². The number of fused-ring (bicyclic) bond motifs is 1. The molecule has 0 fully saturated rings. The van der Waals surface area contributed by atoms with Crippen LogP contribution < -0.4 is 11.1 Å². The van der Waals surface area contributed by atoms with Crippen molar-refractivity contribution < 1.29 is 0 Å². The summed E-state index contributed by atoms with van der Waals surface area (Å²) in [5.41, 5.74) is 13.5. The molecule has 0 saturated heterocycles. The van der Waals surface area contributed by atoms with Crippen LogP contribution >= 0.6 is 0 Å². The highest BCUT2D eigenvalue weighted by molar-refractivity contribution is 5.68. The fourth-order valence-electron chi connectivity index (χ4n) is 3.23. The monoisotopic (exact) mass is 375 g/mol. The Morgan fingerprint density at radius 2 is 2.04 bits per heavy atom. The van der Waals surface area contributed by atoms with E-state index >= 15 is 0 Å². The third kappa shape index (κ3) is 4.09. The summed E-state index contributed by atoms with van der Waals surface area (Å²) in [6.07, 6.45) is 12.4. The zero-order chi connectivity index (χ0) is 20.3. The molecule has 3 rings (SSSR count). The molecule has 1 atom stereocenters. The van der Waals surface area contributed by atoms with E-state index in [1.807, 2.05) is 36.7 Å². The van der Waals surface area contributed by atoms with E-state index in [-0.39, 0.29) is 5.92 Å². The fraction of sp³-hybridized carbons (Fsp3) is 0.304. The number of aryl methyl sites for hydroxylation is 1. The van der Waals surface area contributed by atoms with Crippen molar-refractivity contribution in [2.75, 3.05) is 6.54 Å². The molecule has 5 nitrogen and oxygen atoms in total. The van der Waals surface area contributed by atoms with E-state index < -0.39 is 0 Å². The lowest BCUT2D eigenvalue weighted by Crippen LogP contribution is -2.20. The van der Waals surface area contributed by atoms with Crippen molar-refractivity contribution in [1.82, 2.24) is 19.9 Å². The Morgan fingerprint density at radius 1 is 1.29 bits per heavy atom. The molecule has 1 aliphatic carbocycles. The molecule has 0 amide bonds. The molecule has 0 saturated carbocycles. The lowest BCUT2D eigenvalue weighted by Gasteiger charge is -2.14. The number of hydrogen-bond donors (Lipinski definition) is 2. The van der Waals surface area contributed by atoms with Crippen LogP contribution in [0.5, 0.6) is 0 Å². The maximum atomic E-state index is 6.15. The highest BCUT2D eigenvalue weighted by atomic mass is 15.3. The molecule has 0 spiro atoms. The Hall–Kier alpha value is -3.08. The van der Waals surface area contributed by atoms with E-state index in [1.54, 1.807) is 0 Å². The molecule has 28 heavy (non-hydrogen) atoms. The number of rotatable bonds is 7. The normalized spacial score (nSPS) is 16.5. The quantitative estimate of drug-likeness (QED) is 0.753. The summed E-state index contributed by atoms with van der Waals surface area (Å²) in [6, 6.07) is 1.98. The Balaban J connectivity index is 1.76. The first-order chi connectivity index (χ1) is 13.4. The minimum absolute atomic E-state index is 0.241. The van der Waals surface area contributed by atoms with Crippen molar-refractivity contribution >= 4 is 16.9 Å². The maximum absolute atomic E-state index is 6.15. The Kier molecular flexibility index (Phi) is 5.83. The van der Waals surface area contributed by atoms with Crippen molar-refractivity contribution in [3.63, 3.8) is 0 Å². The van der Waals surface area contributed by atoms with Crippen LogP contribution in [0.15, 0.2) is 61.0 Å². The zero-order valence-electron chi connectivity index (χ0n) is 17.0. The van der Waals surface area contributed by atoms with Gasteiger partial charge in [-0.25, -0.2) is 9.50 Å². The summed E-state index contributed by atoms with van der Waals surface area (Å²) in [6.45, 7) is 15.1. The fourth-order valence-corrected chi connectivity index (χ4v) is 3.23. The zero-order valence-corrected chi connectivity index (χ0v) is 17.0. The van der Waals surface area contributed by atoms with Crippen LogP contribution in [0, 0.1) is 12.8 Å². The van der Waals surface area contributed by atoms with Crippen LogP contribution in [-0.4, -0.2) is 21.1 Å². The van der Waals surface area contributed by atoms with Gasteiger partial charge in [0.05, 0.1) is 23.3 Å². The summed E-state index contributed by atoms with van der Waals surface area (Å²) in [5.74, 6) is 0.241. The van der Waals surface area contributed by atoms with Crippen LogP contribution in [0.1, 0.15) is 43.6 Å². The van der Waals surface area contributed by atoms with Crippen molar-refractivity contribution in [2.45, 2.75) is 33.6 Å². The van der Waals surface area contributed by atoms with E-state index in [2.05, 4.69) is 48.7 Å². The van der Waals surface area contributed by atoms with Gasteiger partial charge in [-0.1, -0.05) is 44.7 Å². The maximum Gasteiger partial charge on any atom is 0.159 e. The summed E-state index contributed by atoms with van der Waals surface area (Å²) >= 11 is 0. The summed E-state index contributed by atoms with van der Waals surface area (Å²) in [7, 11) is 0.